The fourth-order valence-electron chi connectivity index (χ4n) is 3.85. The number of benzene rings is 1. The zero-order valence-corrected chi connectivity index (χ0v) is 18.2. The third-order valence-corrected chi connectivity index (χ3v) is 5.40. The lowest BCUT2D eigenvalue weighted by Crippen LogP contribution is -2.30. The van der Waals surface area contributed by atoms with Crippen LogP contribution < -0.4 is 16.4 Å². The van der Waals surface area contributed by atoms with Gasteiger partial charge < -0.3 is 9.88 Å². The van der Waals surface area contributed by atoms with Gasteiger partial charge in [0.25, 0.3) is 11.1 Å². The molecule has 13 heteroatoms. The Hall–Kier alpha value is -4.03. The van der Waals surface area contributed by atoms with Gasteiger partial charge in [0.2, 0.25) is 0 Å². The number of nitrogens with zero attached hydrogens (tertiary/aromatic N) is 3. The summed E-state index contributed by atoms with van der Waals surface area (Å²) in [5.41, 5.74) is -3.41. The number of aromatic amines is 2. The van der Waals surface area contributed by atoms with Crippen LogP contribution in [0.2, 0.25) is 0 Å². The molecule has 1 aromatic carbocycles. The van der Waals surface area contributed by atoms with Crippen molar-refractivity contribution in [2.45, 2.75) is 38.3 Å². The van der Waals surface area contributed by atoms with E-state index in [1.807, 2.05) is 0 Å². The number of hydrogen-bond acceptors (Lipinski definition) is 5. The van der Waals surface area contributed by atoms with Crippen LogP contribution in [0.1, 0.15) is 18.9 Å². The van der Waals surface area contributed by atoms with Crippen molar-refractivity contribution in [3.05, 3.63) is 74.9 Å². The van der Waals surface area contributed by atoms with Gasteiger partial charge in [0, 0.05) is 30.4 Å². The number of halogens is 5. The monoisotopic (exact) mass is 494 g/mol. The first kappa shape index (κ1) is 24.1. The van der Waals surface area contributed by atoms with Gasteiger partial charge in [-0.05, 0) is 36.6 Å². The summed E-state index contributed by atoms with van der Waals surface area (Å²) >= 11 is 0. The zero-order valence-electron chi connectivity index (χ0n) is 18.2. The van der Waals surface area contributed by atoms with E-state index < -0.39 is 53.1 Å². The number of alkyl halides is 4. The highest BCUT2D eigenvalue weighted by molar-refractivity contribution is 5.86. The summed E-state index contributed by atoms with van der Waals surface area (Å²) in [5.74, 6) is -0.654. The van der Waals surface area contributed by atoms with E-state index in [-0.39, 0.29) is 17.4 Å². The molecular weight excluding hydrogens is 475 g/mol. The second-order valence-corrected chi connectivity index (χ2v) is 8.03. The molecule has 0 bridgehead atoms. The molecule has 0 saturated heterocycles. The first-order chi connectivity index (χ1) is 16.5. The maximum atomic E-state index is 14.8. The number of aromatic nitrogens is 5. The summed E-state index contributed by atoms with van der Waals surface area (Å²) in [6.07, 6.45) is -3.21. The van der Waals surface area contributed by atoms with Crippen molar-refractivity contribution in [3.8, 4) is 11.3 Å². The molecule has 8 nitrogen and oxygen atoms in total. The number of rotatable bonds is 7. The van der Waals surface area contributed by atoms with Gasteiger partial charge in [-0.25, -0.2) is 13.9 Å². The zero-order chi connectivity index (χ0) is 25.3. The Kier molecular flexibility index (Phi) is 6.41. The van der Waals surface area contributed by atoms with Gasteiger partial charge >= 0.3 is 6.18 Å². The number of hydrogen-bond donors (Lipinski definition) is 3. The lowest BCUT2D eigenvalue weighted by molar-refractivity contribution is -0.138. The van der Waals surface area contributed by atoms with E-state index >= 15 is 0 Å². The van der Waals surface area contributed by atoms with E-state index in [4.69, 9.17) is 0 Å². The van der Waals surface area contributed by atoms with Gasteiger partial charge in [-0.2, -0.15) is 23.4 Å². The van der Waals surface area contributed by atoms with E-state index in [2.05, 4.69) is 20.6 Å². The van der Waals surface area contributed by atoms with Gasteiger partial charge in [-0.15, -0.1) is 0 Å². The van der Waals surface area contributed by atoms with Crippen LogP contribution in [0.25, 0.3) is 22.0 Å². The molecule has 0 aliphatic heterocycles. The van der Waals surface area contributed by atoms with Gasteiger partial charge in [0.15, 0.2) is 0 Å². The molecule has 35 heavy (non-hydrogen) atoms. The molecule has 2 atom stereocenters. The number of nitrogens with one attached hydrogen (secondary N) is 3. The molecule has 0 unspecified atom stereocenters. The normalized spacial score (nSPS) is 13.7. The lowest BCUT2D eigenvalue weighted by Gasteiger charge is -2.20. The topological polar surface area (TPSA) is 108 Å². The van der Waals surface area contributed by atoms with Crippen molar-refractivity contribution in [3.63, 3.8) is 0 Å². The van der Waals surface area contributed by atoms with Crippen LogP contribution in [0.3, 0.4) is 0 Å². The first-order valence-electron chi connectivity index (χ1n) is 10.4. The van der Waals surface area contributed by atoms with E-state index in [0.717, 1.165) is 16.8 Å². The molecule has 0 radical (unpaired) electrons. The minimum atomic E-state index is -4.93. The summed E-state index contributed by atoms with van der Waals surface area (Å²) in [7, 11) is 0. The Morgan fingerprint density at radius 3 is 2.60 bits per heavy atom. The molecular formula is C22H19F5N6O2. The third-order valence-electron chi connectivity index (χ3n) is 5.40. The van der Waals surface area contributed by atoms with Crippen molar-refractivity contribution in [1.82, 2.24) is 25.0 Å². The minimum absolute atomic E-state index is 0.0519. The van der Waals surface area contributed by atoms with Crippen molar-refractivity contribution < 1.29 is 22.0 Å². The molecule has 0 fully saturated rings. The predicted octanol–water partition coefficient (Wildman–Crippen LogP) is 3.86. The van der Waals surface area contributed by atoms with E-state index in [0.29, 0.717) is 11.1 Å². The van der Waals surface area contributed by atoms with Crippen molar-refractivity contribution in [1.29, 1.82) is 0 Å². The predicted molar refractivity (Wildman–Crippen MR) is 118 cm³/mol. The first-order valence-corrected chi connectivity index (χ1v) is 10.4. The second-order valence-electron chi connectivity index (χ2n) is 8.03. The number of H-pyrrole nitrogens is 2. The van der Waals surface area contributed by atoms with E-state index in [1.165, 1.54) is 25.4 Å². The second kappa shape index (κ2) is 9.31. The molecule has 0 amide bonds. The molecule has 0 saturated carbocycles. The number of fused-ring (bicyclic) bond motifs is 1. The van der Waals surface area contributed by atoms with Crippen molar-refractivity contribution in [2.24, 2.45) is 0 Å². The average Bonchev–Trinajstić information content (AvgIpc) is 3.29. The molecule has 3 heterocycles. The fraction of sp³-hybridized carbons (Fsp3) is 0.273. The lowest BCUT2D eigenvalue weighted by atomic mass is 10.1. The molecule has 0 spiro atoms. The largest absolute Gasteiger partial charge is 0.423 e. The van der Waals surface area contributed by atoms with Gasteiger partial charge in [-0.1, -0.05) is 0 Å². The molecule has 184 valence electrons. The summed E-state index contributed by atoms with van der Waals surface area (Å²) in [5, 5.41) is 14.5. The number of anilines is 1. The highest BCUT2D eigenvalue weighted by Crippen LogP contribution is 2.32. The fourth-order valence-corrected chi connectivity index (χ4v) is 3.85. The quantitative estimate of drug-likeness (QED) is 0.338. The standard InChI is InChI=1S/C22H19F5N6O2/c1-11(30-18-9-29-32-20(34)19(18)22(25,26)27)6-13(23)10-33-5-3-12-7-15(17-2-4-28-31-17)16(24)8-14(12)21(33)35/h2-5,7-9,11,13H,6,10H2,1H3,(H,28,31)(H2,30,32,34)/t11-,13-/m1/s1. The summed E-state index contributed by atoms with van der Waals surface area (Å²) in [6, 6.07) is 4.84. The minimum Gasteiger partial charge on any atom is -0.381 e. The maximum Gasteiger partial charge on any atom is 0.423 e. The molecule has 3 aromatic heterocycles. The smallest absolute Gasteiger partial charge is 0.381 e. The van der Waals surface area contributed by atoms with Gasteiger partial charge in [0.1, 0.15) is 17.6 Å². The molecule has 3 N–H and O–H groups in total. The van der Waals surface area contributed by atoms with Crippen molar-refractivity contribution in [2.75, 3.05) is 5.32 Å². The van der Waals surface area contributed by atoms with Crippen LogP contribution in [0, 0.1) is 5.82 Å². The summed E-state index contributed by atoms with van der Waals surface area (Å²) in [6.45, 7) is 1.04. The maximum absolute atomic E-state index is 14.8. The molecule has 4 rings (SSSR count). The van der Waals surface area contributed by atoms with Crippen LogP contribution in [-0.4, -0.2) is 37.2 Å². The van der Waals surface area contributed by atoms with Crippen LogP contribution >= 0.6 is 0 Å². The average molecular weight is 494 g/mol. The Balaban J connectivity index is 1.50. The van der Waals surface area contributed by atoms with E-state index in [9.17, 15) is 31.5 Å². The Labute approximate surface area is 193 Å². The Morgan fingerprint density at radius 1 is 1.14 bits per heavy atom. The third kappa shape index (κ3) is 5.08. The van der Waals surface area contributed by atoms with Crippen LogP contribution in [-0.2, 0) is 12.7 Å². The van der Waals surface area contributed by atoms with Gasteiger partial charge in [0.05, 0.1) is 29.5 Å². The van der Waals surface area contributed by atoms with Crippen molar-refractivity contribution >= 4 is 16.5 Å². The summed E-state index contributed by atoms with van der Waals surface area (Å²) in [4.78, 5) is 24.4. The summed E-state index contributed by atoms with van der Waals surface area (Å²) < 4.78 is 70.0. The number of pyridine rings is 1. The van der Waals surface area contributed by atoms with Gasteiger partial charge in [-0.3, -0.25) is 14.7 Å². The molecule has 0 aliphatic rings. The highest BCUT2D eigenvalue weighted by atomic mass is 19.4. The SMILES string of the molecule is C[C@H](C[C@@H](F)Cn1ccc2cc(-c3ccn[nH]3)c(F)cc2c1=O)Nc1cn[nH]c(=O)c1C(F)(F)F. The molecule has 4 aromatic rings. The van der Waals surface area contributed by atoms with Crippen LogP contribution in [0.5, 0.6) is 0 Å². The van der Waals surface area contributed by atoms with Crippen LogP contribution in [0.15, 0.2) is 52.4 Å². The Morgan fingerprint density at radius 2 is 1.91 bits per heavy atom. The van der Waals surface area contributed by atoms with E-state index in [1.54, 1.807) is 17.2 Å². The van der Waals surface area contributed by atoms with Crippen LogP contribution in [0.4, 0.5) is 27.6 Å². The Bertz CT molecular complexity index is 1460. The highest BCUT2D eigenvalue weighted by Gasteiger charge is 2.37. The molecule has 0 aliphatic carbocycles.